The highest BCUT2D eigenvalue weighted by Gasteiger charge is 2.21. The number of halogens is 1. The van der Waals surface area contributed by atoms with Crippen molar-refractivity contribution in [3.63, 3.8) is 0 Å². The average molecular weight is 283 g/mol. The standard InChI is InChI=1S/C14H19ClN2O2/c1-16(2)10-5-7-17(8-6-10)11-3-4-12(14(18)19)13(15)9-11/h3-4,9-10H,5-8H2,1-2H3,(H,18,19). The van der Waals surface area contributed by atoms with E-state index in [4.69, 9.17) is 16.7 Å². The summed E-state index contributed by atoms with van der Waals surface area (Å²) in [4.78, 5) is 15.4. The largest absolute Gasteiger partial charge is 0.478 e. The molecule has 19 heavy (non-hydrogen) atoms. The minimum atomic E-state index is -0.983. The fourth-order valence-electron chi connectivity index (χ4n) is 2.51. The molecule has 104 valence electrons. The summed E-state index contributed by atoms with van der Waals surface area (Å²) < 4.78 is 0. The van der Waals surface area contributed by atoms with Crippen LogP contribution in [0.25, 0.3) is 0 Å². The highest BCUT2D eigenvalue weighted by Crippen LogP contribution is 2.26. The molecule has 0 saturated carbocycles. The van der Waals surface area contributed by atoms with Crippen LogP contribution in [0, 0.1) is 0 Å². The SMILES string of the molecule is CN(C)C1CCN(c2ccc(C(=O)O)c(Cl)c2)CC1. The molecular weight excluding hydrogens is 264 g/mol. The first-order valence-corrected chi connectivity index (χ1v) is 6.81. The number of hydrogen-bond donors (Lipinski definition) is 1. The van der Waals surface area contributed by atoms with Crippen LogP contribution in [0.15, 0.2) is 18.2 Å². The predicted octanol–water partition coefficient (Wildman–Crippen LogP) is 2.57. The van der Waals surface area contributed by atoms with Crippen LogP contribution in [0.1, 0.15) is 23.2 Å². The minimum Gasteiger partial charge on any atom is -0.478 e. The summed E-state index contributed by atoms with van der Waals surface area (Å²) in [5, 5.41) is 9.26. The van der Waals surface area contributed by atoms with Crippen LogP contribution in [0.2, 0.25) is 5.02 Å². The first-order valence-electron chi connectivity index (χ1n) is 6.43. The van der Waals surface area contributed by atoms with E-state index in [1.165, 1.54) is 0 Å². The quantitative estimate of drug-likeness (QED) is 0.925. The molecule has 1 fully saturated rings. The predicted molar refractivity (Wildman–Crippen MR) is 77.3 cm³/mol. The molecule has 0 bridgehead atoms. The first-order chi connectivity index (χ1) is 8.99. The molecule has 0 atom stereocenters. The van der Waals surface area contributed by atoms with Crippen LogP contribution < -0.4 is 4.90 Å². The van der Waals surface area contributed by atoms with Crippen molar-refractivity contribution in [1.82, 2.24) is 4.90 Å². The van der Waals surface area contributed by atoms with E-state index in [2.05, 4.69) is 23.9 Å². The Bertz CT molecular complexity index is 469. The maximum absolute atomic E-state index is 10.9. The molecule has 0 aliphatic carbocycles. The number of piperidine rings is 1. The molecule has 0 aromatic heterocycles. The van der Waals surface area contributed by atoms with E-state index >= 15 is 0 Å². The number of hydrogen-bond acceptors (Lipinski definition) is 3. The number of carboxylic acids is 1. The molecule has 0 amide bonds. The molecular formula is C14H19ClN2O2. The Morgan fingerprint density at radius 2 is 2.00 bits per heavy atom. The van der Waals surface area contributed by atoms with E-state index in [0.717, 1.165) is 31.6 Å². The van der Waals surface area contributed by atoms with Gasteiger partial charge in [0, 0.05) is 24.8 Å². The summed E-state index contributed by atoms with van der Waals surface area (Å²) in [7, 11) is 4.22. The molecule has 1 saturated heterocycles. The third-order valence-corrected chi connectivity index (χ3v) is 4.06. The summed E-state index contributed by atoms with van der Waals surface area (Å²) in [6.45, 7) is 1.96. The normalized spacial score (nSPS) is 16.9. The molecule has 1 heterocycles. The Morgan fingerprint density at radius 1 is 1.37 bits per heavy atom. The molecule has 1 aliphatic rings. The van der Waals surface area contributed by atoms with Gasteiger partial charge in [-0.1, -0.05) is 11.6 Å². The van der Waals surface area contributed by atoms with E-state index in [9.17, 15) is 4.79 Å². The molecule has 5 heteroatoms. The van der Waals surface area contributed by atoms with E-state index in [1.807, 2.05) is 6.07 Å². The summed E-state index contributed by atoms with van der Waals surface area (Å²) >= 11 is 6.01. The third-order valence-electron chi connectivity index (χ3n) is 3.74. The van der Waals surface area contributed by atoms with Gasteiger partial charge in [-0.3, -0.25) is 0 Å². The molecule has 1 aromatic rings. The van der Waals surface area contributed by atoms with Gasteiger partial charge in [-0.2, -0.15) is 0 Å². The van der Waals surface area contributed by atoms with Gasteiger partial charge in [0.05, 0.1) is 10.6 Å². The van der Waals surface area contributed by atoms with Crippen molar-refractivity contribution in [3.05, 3.63) is 28.8 Å². The Balaban J connectivity index is 2.08. The minimum absolute atomic E-state index is 0.161. The van der Waals surface area contributed by atoms with Gasteiger partial charge in [-0.05, 0) is 45.1 Å². The van der Waals surface area contributed by atoms with Gasteiger partial charge in [-0.15, -0.1) is 0 Å². The zero-order valence-electron chi connectivity index (χ0n) is 11.3. The number of aromatic carboxylic acids is 1. The van der Waals surface area contributed by atoms with Gasteiger partial charge >= 0.3 is 5.97 Å². The second-order valence-electron chi connectivity index (χ2n) is 5.15. The Labute approximate surface area is 118 Å². The maximum Gasteiger partial charge on any atom is 0.337 e. The molecule has 2 rings (SSSR count). The van der Waals surface area contributed by atoms with Crippen molar-refractivity contribution >= 4 is 23.3 Å². The summed E-state index contributed by atoms with van der Waals surface area (Å²) in [6, 6.07) is 5.80. The topological polar surface area (TPSA) is 43.8 Å². The molecule has 4 nitrogen and oxygen atoms in total. The van der Waals surface area contributed by atoms with Crippen molar-refractivity contribution in [2.24, 2.45) is 0 Å². The van der Waals surface area contributed by atoms with Crippen molar-refractivity contribution in [2.45, 2.75) is 18.9 Å². The van der Waals surface area contributed by atoms with Gasteiger partial charge in [0.2, 0.25) is 0 Å². The average Bonchev–Trinajstić information content (AvgIpc) is 2.38. The van der Waals surface area contributed by atoms with E-state index in [0.29, 0.717) is 11.1 Å². The number of carbonyl (C=O) groups is 1. The maximum atomic E-state index is 10.9. The summed E-state index contributed by atoms with van der Waals surface area (Å²) in [6.07, 6.45) is 2.23. The smallest absolute Gasteiger partial charge is 0.337 e. The van der Waals surface area contributed by atoms with Crippen LogP contribution in [-0.2, 0) is 0 Å². The van der Waals surface area contributed by atoms with E-state index < -0.39 is 5.97 Å². The van der Waals surface area contributed by atoms with Gasteiger partial charge in [0.15, 0.2) is 0 Å². The van der Waals surface area contributed by atoms with Crippen molar-refractivity contribution < 1.29 is 9.90 Å². The highest BCUT2D eigenvalue weighted by molar-refractivity contribution is 6.33. The highest BCUT2D eigenvalue weighted by atomic mass is 35.5. The Kier molecular flexibility index (Phi) is 4.32. The van der Waals surface area contributed by atoms with Crippen LogP contribution in [0.3, 0.4) is 0 Å². The van der Waals surface area contributed by atoms with Gasteiger partial charge in [0.1, 0.15) is 0 Å². The number of rotatable bonds is 3. The second-order valence-corrected chi connectivity index (χ2v) is 5.56. The van der Waals surface area contributed by atoms with Crippen molar-refractivity contribution in [2.75, 3.05) is 32.1 Å². The number of nitrogens with zero attached hydrogens (tertiary/aromatic N) is 2. The molecule has 1 N–H and O–H groups in total. The van der Waals surface area contributed by atoms with Gasteiger partial charge in [0.25, 0.3) is 0 Å². The number of anilines is 1. The first kappa shape index (κ1) is 14.2. The van der Waals surface area contributed by atoms with Crippen LogP contribution in [0.4, 0.5) is 5.69 Å². The number of benzene rings is 1. The zero-order valence-corrected chi connectivity index (χ0v) is 12.0. The summed E-state index contributed by atoms with van der Waals surface area (Å²) in [5.41, 5.74) is 1.17. The summed E-state index contributed by atoms with van der Waals surface area (Å²) in [5.74, 6) is -0.983. The number of carboxylic acid groups (broad SMARTS) is 1. The Morgan fingerprint density at radius 3 is 2.47 bits per heavy atom. The van der Waals surface area contributed by atoms with Crippen LogP contribution in [0.5, 0.6) is 0 Å². The lowest BCUT2D eigenvalue weighted by atomic mass is 10.0. The molecule has 0 unspecified atom stereocenters. The molecule has 0 radical (unpaired) electrons. The fourth-order valence-corrected chi connectivity index (χ4v) is 2.77. The lowest BCUT2D eigenvalue weighted by molar-refractivity contribution is 0.0697. The fraction of sp³-hybridized carbons (Fsp3) is 0.500. The zero-order chi connectivity index (χ0) is 14.0. The van der Waals surface area contributed by atoms with E-state index in [-0.39, 0.29) is 5.56 Å². The third kappa shape index (κ3) is 3.19. The van der Waals surface area contributed by atoms with Gasteiger partial charge < -0.3 is 14.9 Å². The monoisotopic (exact) mass is 282 g/mol. The Hall–Kier alpha value is -1.26. The molecule has 1 aliphatic heterocycles. The van der Waals surface area contributed by atoms with Crippen LogP contribution >= 0.6 is 11.6 Å². The van der Waals surface area contributed by atoms with E-state index in [1.54, 1.807) is 12.1 Å². The van der Waals surface area contributed by atoms with Crippen LogP contribution in [-0.4, -0.2) is 49.2 Å². The molecule has 0 spiro atoms. The van der Waals surface area contributed by atoms with Gasteiger partial charge in [-0.25, -0.2) is 4.79 Å². The molecule has 1 aromatic carbocycles. The van der Waals surface area contributed by atoms with Crippen molar-refractivity contribution in [1.29, 1.82) is 0 Å². The lowest BCUT2D eigenvalue weighted by Crippen LogP contribution is -2.42. The lowest BCUT2D eigenvalue weighted by Gasteiger charge is -2.36. The van der Waals surface area contributed by atoms with Crippen molar-refractivity contribution in [3.8, 4) is 0 Å². The second kappa shape index (κ2) is 5.80.